The molecule has 0 rings (SSSR count). The van der Waals surface area contributed by atoms with Gasteiger partial charge in [-0.1, -0.05) is 0 Å². The van der Waals surface area contributed by atoms with Crippen molar-refractivity contribution < 1.29 is 151 Å². The smallest absolute Gasteiger partial charge is 0.390 e. The lowest BCUT2D eigenvalue weighted by Gasteiger charge is -2.42. The van der Waals surface area contributed by atoms with Crippen LogP contribution in [0, 0.1) is 0 Å². The van der Waals surface area contributed by atoms with Crippen LogP contribution in [0.1, 0.15) is 0 Å². The van der Waals surface area contributed by atoms with Gasteiger partial charge < -0.3 is 5.11 Å². The number of halogens is 29. The van der Waals surface area contributed by atoms with Gasteiger partial charge in [-0.3, -0.25) is 0 Å². The van der Waals surface area contributed by atoms with Crippen molar-refractivity contribution in [3.63, 3.8) is 0 Å². The van der Waals surface area contributed by atoms with E-state index < -0.39 is 91.3 Å². The van der Waals surface area contributed by atoms with Crippen molar-refractivity contribution in [1.82, 2.24) is 0 Å². The number of alkyl halides is 29. The van der Waals surface area contributed by atoms with Crippen molar-refractivity contribution in [3.05, 3.63) is 0 Å². The van der Waals surface area contributed by atoms with Crippen molar-refractivity contribution in [2.45, 2.75) is 84.7 Å². The fourth-order valence-electron chi connectivity index (χ4n) is 2.15. The minimum atomic E-state index is -9.27. The van der Waals surface area contributed by atoms with Crippen molar-refractivity contribution in [2.24, 2.45) is 0 Å². The number of aliphatic hydroxyl groups excluding tert-OH is 1. The van der Waals surface area contributed by atoms with Gasteiger partial charge in [-0.2, -0.15) is 114 Å². The van der Waals surface area contributed by atoms with Crippen LogP contribution >= 0.6 is 0 Å². The maximum Gasteiger partial charge on any atom is 0.527 e. The van der Waals surface area contributed by atoms with E-state index in [9.17, 15) is 127 Å². The first-order valence-corrected chi connectivity index (χ1v) is 10.0. The minimum Gasteiger partial charge on any atom is -0.390 e. The second kappa shape index (κ2) is 12.2. The Morgan fingerprint density at radius 3 is 0.714 bits per heavy atom. The molecule has 0 amide bonds. The second-order valence-corrected chi connectivity index (χ2v) is 8.21. The molecule has 1 N–H and O–H groups in total. The molecule has 0 aliphatic heterocycles. The summed E-state index contributed by atoms with van der Waals surface area (Å²) in [5.41, 5.74) is 0. The van der Waals surface area contributed by atoms with Crippen molar-refractivity contribution in [2.75, 3.05) is 6.61 Å². The molecule has 0 aromatic heterocycles. The van der Waals surface area contributed by atoms with E-state index in [1.807, 2.05) is 0 Å². The van der Waals surface area contributed by atoms with E-state index in [4.69, 9.17) is 5.11 Å². The monoisotopic (exact) mass is 814 g/mol. The van der Waals surface area contributed by atoms with Gasteiger partial charge in [0.15, 0.2) is 0 Å². The Hall–Kier alpha value is -2.23. The summed E-state index contributed by atoms with van der Waals surface area (Å²) in [5.74, 6) is -51.8. The quantitative estimate of drug-likeness (QED) is 0.149. The average Bonchev–Trinajstić information content (AvgIpc) is 2.79. The summed E-state index contributed by atoms with van der Waals surface area (Å²) < 4.78 is 384. The molecule has 0 bridgehead atoms. The Morgan fingerprint density at radius 1 is 0.265 bits per heavy atom. The Kier molecular flexibility index (Phi) is 11.6. The van der Waals surface area contributed by atoms with Gasteiger partial charge in [0.2, 0.25) is 0 Å². The molecule has 49 heavy (non-hydrogen) atoms. The fourth-order valence-corrected chi connectivity index (χ4v) is 2.15. The molecule has 0 unspecified atom stereocenters. The summed E-state index contributed by atoms with van der Waals surface area (Å²) in [6.07, 6.45) is -64.9. The Morgan fingerprint density at radius 2 is 0.469 bits per heavy atom. The molecule has 0 atom stereocenters. The molecule has 0 aliphatic rings. The summed E-state index contributed by atoms with van der Waals surface area (Å²) >= 11 is 0. The summed E-state index contributed by atoms with van der Waals surface area (Å²) in [6.45, 7) is -3.76. The van der Waals surface area contributed by atoms with Crippen molar-refractivity contribution in [3.8, 4) is 0 Å². The van der Waals surface area contributed by atoms with Crippen LogP contribution in [-0.2, 0) is 18.9 Å². The maximum atomic E-state index is 13.6. The first kappa shape index (κ1) is 46.8. The maximum absolute atomic E-state index is 13.6. The standard InChI is InChI=1S/C15H3F29O5/c16-2(17,1-45)3(18,19)4(20,21)5(22,23)6(24,25)7(26,27)8(28,29)46-9(30,31)10(32,33)47-11(34,35)12(36,37)48-13(38,39)14(40,41)49-15(42,43)44/h45H,1H2. The summed E-state index contributed by atoms with van der Waals surface area (Å²) in [5, 5.41) is 7.84. The van der Waals surface area contributed by atoms with E-state index in [1.165, 1.54) is 4.74 Å². The second-order valence-electron chi connectivity index (χ2n) is 8.21. The molecule has 0 saturated carbocycles. The molecule has 0 aliphatic carbocycles. The van der Waals surface area contributed by atoms with Crippen LogP contribution in [0.5, 0.6) is 0 Å². The van der Waals surface area contributed by atoms with E-state index in [0.717, 1.165) is 14.2 Å². The zero-order chi connectivity index (χ0) is 40.5. The molecule has 0 saturated heterocycles. The molecule has 0 aromatic rings. The Bertz CT molecular complexity index is 1160. The van der Waals surface area contributed by atoms with E-state index in [1.54, 1.807) is 0 Å². The van der Waals surface area contributed by atoms with Crippen LogP contribution in [0.15, 0.2) is 0 Å². The van der Waals surface area contributed by atoms with E-state index in [2.05, 4.69) is 0 Å². The minimum absolute atomic E-state index is 0.834. The number of rotatable bonds is 17. The predicted octanol–water partition coefficient (Wildman–Crippen LogP) is 8.53. The summed E-state index contributed by atoms with van der Waals surface area (Å²) in [7, 11) is 0. The highest BCUT2D eigenvalue weighted by atomic mass is 19.4. The van der Waals surface area contributed by atoms with E-state index >= 15 is 0 Å². The molecule has 0 radical (unpaired) electrons. The van der Waals surface area contributed by atoms with Crippen LogP contribution in [0.2, 0.25) is 0 Å². The van der Waals surface area contributed by atoms with Gasteiger partial charge in [0.05, 0.1) is 0 Å². The van der Waals surface area contributed by atoms with Gasteiger partial charge in [-0.25, -0.2) is 18.9 Å². The Labute approximate surface area is 244 Å². The number of ether oxygens (including phenoxy) is 4. The summed E-state index contributed by atoms with van der Waals surface area (Å²) in [6, 6.07) is 0. The van der Waals surface area contributed by atoms with Crippen LogP contribution in [0.4, 0.5) is 127 Å². The number of hydrogen-bond acceptors (Lipinski definition) is 5. The van der Waals surface area contributed by atoms with Gasteiger partial charge in [0.1, 0.15) is 6.61 Å². The van der Waals surface area contributed by atoms with E-state index in [0.29, 0.717) is 0 Å². The highest BCUT2D eigenvalue weighted by molar-refractivity contribution is 5.13. The lowest BCUT2D eigenvalue weighted by Crippen LogP contribution is -2.74. The van der Waals surface area contributed by atoms with Gasteiger partial charge in [-0.15, -0.1) is 13.2 Å². The third-order valence-corrected chi connectivity index (χ3v) is 4.63. The van der Waals surface area contributed by atoms with Crippen molar-refractivity contribution >= 4 is 0 Å². The van der Waals surface area contributed by atoms with Crippen LogP contribution in [-0.4, -0.2) is 96.4 Å². The molecular weight excluding hydrogens is 811 g/mol. The molecule has 296 valence electrons. The normalized spacial score (nSPS) is 16.8. The summed E-state index contributed by atoms with van der Waals surface area (Å²) in [4.78, 5) is 0. The molecular formula is C15H3F29O5. The molecule has 0 spiro atoms. The third kappa shape index (κ3) is 7.84. The third-order valence-electron chi connectivity index (χ3n) is 4.63. The van der Waals surface area contributed by atoms with E-state index in [-0.39, 0.29) is 0 Å². The topological polar surface area (TPSA) is 57.2 Å². The zero-order valence-electron chi connectivity index (χ0n) is 20.7. The lowest BCUT2D eigenvalue weighted by atomic mass is 9.91. The number of hydrogen-bond donors (Lipinski definition) is 1. The van der Waals surface area contributed by atoms with Crippen LogP contribution < -0.4 is 0 Å². The van der Waals surface area contributed by atoms with Crippen molar-refractivity contribution in [1.29, 1.82) is 0 Å². The molecule has 0 heterocycles. The van der Waals surface area contributed by atoms with Gasteiger partial charge in [0.25, 0.3) is 0 Å². The molecule has 0 fully saturated rings. The molecule has 5 nitrogen and oxygen atoms in total. The molecule has 0 aromatic carbocycles. The van der Waals surface area contributed by atoms with Crippen LogP contribution in [0.3, 0.4) is 0 Å². The zero-order valence-corrected chi connectivity index (χ0v) is 20.7. The fraction of sp³-hybridized carbons (Fsp3) is 1.00. The number of aliphatic hydroxyl groups is 1. The van der Waals surface area contributed by atoms with Gasteiger partial charge in [0, 0.05) is 0 Å². The first-order chi connectivity index (χ1) is 20.6. The highest BCUT2D eigenvalue weighted by Gasteiger charge is 2.94. The average molecular weight is 814 g/mol. The van der Waals surface area contributed by atoms with Gasteiger partial charge >= 0.3 is 84.7 Å². The molecule has 34 heteroatoms. The first-order valence-electron chi connectivity index (χ1n) is 10.0. The van der Waals surface area contributed by atoms with Crippen LogP contribution in [0.25, 0.3) is 0 Å². The Balaban J connectivity index is 6.70. The van der Waals surface area contributed by atoms with Gasteiger partial charge in [-0.05, 0) is 0 Å². The highest BCUT2D eigenvalue weighted by Crippen LogP contribution is 2.63. The lowest BCUT2D eigenvalue weighted by molar-refractivity contribution is -0.586. The SMILES string of the molecule is OCC(F)(F)C(F)(F)C(F)(F)C(F)(F)C(F)(F)C(F)(F)C(F)(F)OC(F)(F)C(F)(F)OC(F)(F)C(F)(F)OC(F)(F)C(F)(F)OC(F)(F)F. The predicted molar refractivity (Wildman–Crippen MR) is 81.8 cm³/mol. The largest absolute Gasteiger partial charge is 0.527 e.